The minimum absolute atomic E-state index is 0.100. The zero-order chi connectivity index (χ0) is 12.8. The van der Waals surface area contributed by atoms with Crippen molar-refractivity contribution < 1.29 is 13.8 Å². The number of hydrogen-bond acceptors (Lipinski definition) is 3. The van der Waals surface area contributed by atoms with Crippen molar-refractivity contribution in [2.75, 3.05) is 6.61 Å². The Morgan fingerprint density at radius 3 is 2.71 bits per heavy atom. The molecule has 0 aliphatic rings. The number of hydrogen-bond donors (Lipinski definition) is 0. The van der Waals surface area contributed by atoms with Crippen LogP contribution < -0.4 is 10.0 Å². The van der Waals surface area contributed by atoms with Crippen molar-refractivity contribution in [3.63, 3.8) is 0 Å². The molecular weight excluding hydrogens is 235 g/mol. The van der Waals surface area contributed by atoms with E-state index >= 15 is 0 Å². The van der Waals surface area contributed by atoms with Gasteiger partial charge in [-0.15, -0.1) is 0 Å². The Morgan fingerprint density at radius 1 is 1.47 bits per heavy atom. The number of rotatable bonds is 6. The minimum Gasteiger partial charge on any atom is -0.490 e. The zero-order valence-electron chi connectivity index (χ0n) is 10.5. The van der Waals surface area contributed by atoms with Crippen LogP contribution in [0.5, 0.6) is 5.75 Å². The lowest BCUT2D eigenvalue weighted by atomic mass is 10.2. The van der Waals surface area contributed by atoms with E-state index in [1.54, 1.807) is 12.1 Å². The SMILES string of the molecule is C=Cc1cc([PH](=O)OCC)ccc1OC(C)C. The van der Waals surface area contributed by atoms with Crippen molar-refractivity contribution in [2.45, 2.75) is 26.9 Å². The highest BCUT2D eigenvalue weighted by molar-refractivity contribution is 7.48. The molecule has 17 heavy (non-hydrogen) atoms. The fraction of sp³-hybridized carbons (Fsp3) is 0.385. The molecule has 1 rings (SSSR count). The summed E-state index contributed by atoms with van der Waals surface area (Å²) in [6.45, 7) is 9.93. The largest absolute Gasteiger partial charge is 0.490 e. The van der Waals surface area contributed by atoms with Crippen LogP contribution in [0, 0.1) is 0 Å². The van der Waals surface area contributed by atoms with Crippen LogP contribution >= 0.6 is 8.03 Å². The molecule has 3 nitrogen and oxygen atoms in total. The van der Waals surface area contributed by atoms with Crippen LogP contribution in [-0.4, -0.2) is 12.7 Å². The normalized spacial score (nSPS) is 12.5. The first-order valence-electron chi connectivity index (χ1n) is 5.68. The topological polar surface area (TPSA) is 35.5 Å². The van der Waals surface area contributed by atoms with E-state index in [0.29, 0.717) is 11.9 Å². The molecule has 0 heterocycles. The van der Waals surface area contributed by atoms with Crippen LogP contribution in [-0.2, 0) is 9.09 Å². The second-order valence-corrected chi connectivity index (χ2v) is 5.28. The molecule has 1 aromatic carbocycles. The molecule has 4 heteroatoms. The summed E-state index contributed by atoms with van der Waals surface area (Å²) < 4.78 is 22.5. The summed E-state index contributed by atoms with van der Waals surface area (Å²) in [5.41, 5.74) is 0.842. The molecule has 1 aromatic rings. The molecule has 1 unspecified atom stereocenters. The molecular formula is C13H19O3P. The highest BCUT2D eigenvalue weighted by atomic mass is 31.1. The van der Waals surface area contributed by atoms with Crippen LogP contribution in [0.4, 0.5) is 0 Å². The maximum Gasteiger partial charge on any atom is 0.220 e. The van der Waals surface area contributed by atoms with Crippen molar-refractivity contribution in [2.24, 2.45) is 0 Å². The van der Waals surface area contributed by atoms with Gasteiger partial charge in [-0.1, -0.05) is 12.7 Å². The van der Waals surface area contributed by atoms with E-state index < -0.39 is 8.03 Å². The second kappa shape index (κ2) is 6.63. The Hall–Kier alpha value is -1.05. The molecule has 0 saturated carbocycles. The molecule has 0 saturated heterocycles. The van der Waals surface area contributed by atoms with Gasteiger partial charge in [0.15, 0.2) is 0 Å². The lowest BCUT2D eigenvalue weighted by molar-refractivity contribution is 0.242. The Balaban J connectivity index is 2.99. The van der Waals surface area contributed by atoms with Gasteiger partial charge in [-0.2, -0.15) is 0 Å². The molecule has 0 amide bonds. The Kier molecular flexibility index (Phi) is 5.46. The van der Waals surface area contributed by atoms with Crippen LogP contribution in [0.15, 0.2) is 24.8 Å². The van der Waals surface area contributed by atoms with Crippen molar-refractivity contribution in [1.82, 2.24) is 0 Å². The lowest BCUT2D eigenvalue weighted by Gasteiger charge is -2.13. The first kappa shape index (κ1) is 14.0. The predicted molar refractivity (Wildman–Crippen MR) is 72.6 cm³/mol. The van der Waals surface area contributed by atoms with Gasteiger partial charge < -0.3 is 9.26 Å². The molecule has 94 valence electrons. The standard InChI is InChI=1S/C13H19O3P/c1-5-11-9-12(17(14)15-6-2)7-8-13(11)16-10(3)4/h5,7-10,17H,1,6H2,2-4H3. The highest BCUT2D eigenvalue weighted by Gasteiger charge is 2.08. The van der Waals surface area contributed by atoms with Gasteiger partial charge in [-0.25, -0.2) is 0 Å². The monoisotopic (exact) mass is 254 g/mol. The summed E-state index contributed by atoms with van der Waals surface area (Å²) in [5.74, 6) is 0.755. The number of benzene rings is 1. The molecule has 0 spiro atoms. The predicted octanol–water partition coefficient (Wildman–Crippen LogP) is 3.25. The van der Waals surface area contributed by atoms with E-state index in [4.69, 9.17) is 9.26 Å². The van der Waals surface area contributed by atoms with Gasteiger partial charge >= 0.3 is 0 Å². The number of ether oxygens (including phenoxy) is 1. The van der Waals surface area contributed by atoms with E-state index in [-0.39, 0.29) is 6.10 Å². The van der Waals surface area contributed by atoms with Crippen molar-refractivity contribution in [1.29, 1.82) is 0 Å². The molecule has 0 aromatic heterocycles. The summed E-state index contributed by atoms with van der Waals surface area (Å²) in [6.07, 6.45) is 1.80. The lowest BCUT2D eigenvalue weighted by Crippen LogP contribution is -2.08. The summed E-state index contributed by atoms with van der Waals surface area (Å²) >= 11 is 0. The van der Waals surface area contributed by atoms with Gasteiger partial charge in [0.2, 0.25) is 8.03 Å². The van der Waals surface area contributed by atoms with Crippen molar-refractivity contribution >= 4 is 19.4 Å². The van der Waals surface area contributed by atoms with Gasteiger partial charge in [-0.05, 0) is 39.0 Å². The molecule has 1 atom stereocenters. The van der Waals surface area contributed by atoms with Gasteiger partial charge in [0, 0.05) is 10.9 Å². The smallest absolute Gasteiger partial charge is 0.220 e. The van der Waals surface area contributed by atoms with E-state index in [9.17, 15) is 4.57 Å². The molecule has 0 N–H and O–H groups in total. The fourth-order valence-corrected chi connectivity index (χ4v) is 2.33. The van der Waals surface area contributed by atoms with Crippen LogP contribution in [0.2, 0.25) is 0 Å². The van der Waals surface area contributed by atoms with Gasteiger partial charge in [0.25, 0.3) is 0 Å². The van der Waals surface area contributed by atoms with Crippen LogP contribution in [0.25, 0.3) is 6.08 Å². The summed E-state index contributed by atoms with van der Waals surface area (Å²) in [4.78, 5) is 0. The van der Waals surface area contributed by atoms with Crippen LogP contribution in [0.3, 0.4) is 0 Å². The van der Waals surface area contributed by atoms with Crippen molar-refractivity contribution in [3.05, 3.63) is 30.3 Å². The Labute approximate surface area is 103 Å². The average molecular weight is 254 g/mol. The minimum atomic E-state index is -2.15. The van der Waals surface area contributed by atoms with E-state index in [1.807, 2.05) is 32.9 Å². The van der Waals surface area contributed by atoms with Gasteiger partial charge in [0.05, 0.1) is 12.7 Å². The molecule has 0 radical (unpaired) electrons. The van der Waals surface area contributed by atoms with E-state index in [2.05, 4.69) is 6.58 Å². The average Bonchev–Trinajstić information content (AvgIpc) is 2.29. The van der Waals surface area contributed by atoms with Crippen molar-refractivity contribution in [3.8, 4) is 5.75 Å². The van der Waals surface area contributed by atoms with E-state index in [0.717, 1.165) is 11.3 Å². The third-order valence-electron chi connectivity index (χ3n) is 2.10. The Morgan fingerprint density at radius 2 is 2.18 bits per heavy atom. The third-order valence-corrected chi connectivity index (χ3v) is 3.44. The summed E-state index contributed by atoms with van der Waals surface area (Å²) in [5, 5.41) is 0.697. The van der Waals surface area contributed by atoms with Gasteiger partial charge in [0.1, 0.15) is 5.75 Å². The maximum absolute atomic E-state index is 11.7. The fourth-order valence-electron chi connectivity index (χ4n) is 1.41. The summed E-state index contributed by atoms with van der Waals surface area (Å²) in [7, 11) is -2.15. The first-order valence-corrected chi connectivity index (χ1v) is 7.00. The van der Waals surface area contributed by atoms with E-state index in [1.165, 1.54) is 0 Å². The highest BCUT2D eigenvalue weighted by Crippen LogP contribution is 2.26. The Bertz CT molecular complexity index is 413. The maximum atomic E-state index is 11.7. The quantitative estimate of drug-likeness (QED) is 0.731. The van der Waals surface area contributed by atoms with Gasteiger partial charge in [-0.3, -0.25) is 4.57 Å². The molecule has 0 bridgehead atoms. The third kappa shape index (κ3) is 4.03. The summed E-state index contributed by atoms with van der Waals surface area (Å²) in [6, 6.07) is 5.40. The first-order chi connectivity index (χ1) is 8.08. The molecule has 0 fully saturated rings. The second-order valence-electron chi connectivity index (χ2n) is 3.84. The molecule has 0 aliphatic carbocycles. The van der Waals surface area contributed by atoms with Crippen LogP contribution in [0.1, 0.15) is 26.3 Å². The molecule has 0 aliphatic heterocycles. The zero-order valence-corrected chi connectivity index (χ0v) is 11.5.